The molecule has 82 valence electrons. The molecule has 1 atom stereocenters. The Morgan fingerprint density at radius 3 is 2.87 bits per heavy atom. The van der Waals surface area contributed by atoms with Crippen molar-refractivity contribution in [2.24, 2.45) is 5.73 Å². The number of hydrogen-bond acceptors (Lipinski definition) is 4. The first kappa shape index (κ1) is 11.4. The largest absolute Gasteiger partial charge is 0.376 e. The predicted octanol–water partition coefficient (Wildman–Crippen LogP) is 1.49. The first-order valence-electron chi connectivity index (χ1n) is 4.45. The van der Waals surface area contributed by atoms with Crippen LogP contribution < -0.4 is 11.1 Å². The van der Waals surface area contributed by atoms with Crippen molar-refractivity contribution in [3.05, 3.63) is 34.1 Å². The van der Waals surface area contributed by atoms with Gasteiger partial charge in [-0.2, -0.15) is 0 Å². The second-order valence-corrected chi connectivity index (χ2v) is 3.20. The molecule has 1 unspecified atom stereocenters. The van der Waals surface area contributed by atoms with E-state index in [-0.39, 0.29) is 17.4 Å². The van der Waals surface area contributed by atoms with Crippen LogP contribution in [0.25, 0.3) is 0 Å². The van der Waals surface area contributed by atoms with E-state index >= 15 is 0 Å². The molecule has 0 saturated carbocycles. The molecule has 6 heteroatoms. The lowest BCUT2D eigenvalue weighted by atomic mass is 10.2. The summed E-state index contributed by atoms with van der Waals surface area (Å²) in [6.45, 7) is 2.13. The van der Waals surface area contributed by atoms with Crippen LogP contribution in [0.2, 0.25) is 0 Å². The first-order chi connectivity index (χ1) is 7.04. The molecule has 0 heterocycles. The third-order valence-corrected chi connectivity index (χ3v) is 1.91. The van der Waals surface area contributed by atoms with E-state index in [2.05, 4.69) is 5.32 Å². The van der Waals surface area contributed by atoms with Crippen LogP contribution in [0.4, 0.5) is 15.8 Å². The van der Waals surface area contributed by atoms with Crippen LogP contribution >= 0.6 is 0 Å². The van der Waals surface area contributed by atoms with Crippen molar-refractivity contribution in [2.45, 2.75) is 13.0 Å². The lowest BCUT2D eigenvalue weighted by Crippen LogP contribution is -2.25. The van der Waals surface area contributed by atoms with Crippen LogP contribution in [0.1, 0.15) is 6.92 Å². The average molecular weight is 213 g/mol. The van der Waals surface area contributed by atoms with Gasteiger partial charge in [-0.05, 0) is 19.1 Å². The van der Waals surface area contributed by atoms with Gasteiger partial charge in [0.1, 0.15) is 11.5 Å². The van der Waals surface area contributed by atoms with E-state index in [1.54, 1.807) is 6.92 Å². The van der Waals surface area contributed by atoms with Crippen molar-refractivity contribution in [3.8, 4) is 0 Å². The summed E-state index contributed by atoms with van der Waals surface area (Å²) in [5.41, 5.74) is 5.36. The molecule has 0 aliphatic heterocycles. The number of nitrogens with zero attached hydrogens (tertiary/aromatic N) is 1. The lowest BCUT2D eigenvalue weighted by Gasteiger charge is -2.12. The molecule has 0 aliphatic rings. The summed E-state index contributed by atoms with van der Waals surface area (Å²) in [6.07, 6.45) is 0. The monoisotopic (exact) mass is 213 g/mol. The minimum absolute atomic E-state index is 0.103. The molecule has 0 aliphatic carbocycles. The smallest absolute Gasteiger partial charge is 0.295 e. The lowest BCUT2D eigenvalue weighted by molar-refractivity contribution is -0.384. The number of nitrogens with two attached hydrogens (primary N) is 1. The summed E-state index contributed by atoms with van der Waals surface area (Å²) in [7, 11) is 0. The Balaban J connectivity index is 3.01. The number of halogens is 1. The highest BCUT2D eigenvalue weighted by Crippen LogP contribution is 2.25. The Labute approximate surface area is 86.2 Å². The summed E-state index contributed by atoms with van der Waals surface area (Å²) in [4.78, 5) is 9.98. The highest BCUT2D eigenvalue weighted by molar-refractivity contribution is 5.61. The molecule has 0 aromatic heterocycles. The van der Waals surface area contributed by atoms with Gasteiger partial charge in [-0.3, -0.25) is 10.1 Å². The minimum Gasteiger partial charge on any atom is -0.376 e. The molecular formula is C9H12FN3O2. The van der Waals surface area contributed by atoms with Gasteiger partial charge < -0.3 is 11.1 Å². The second kappa shape index (κ2) is 4.70. The van der Waals surface area contributed by atoms with Crippen LogP contribution in [0.5, 0.6) is 0 Å². The molecule has 3 N–H and O–H groups in total. The molecule has 0 fully saturated rings. The molecule has 1 rings (SSSR count). The van der Waals surface area contributed by atoms with Gasteiger partial charge in [0, 0.05) is 12.6 Å². The Hall–Kier alpha value is -1.69. The fraction of sp³-hybridized carbons (Fsp3) is 0.333. The number of nitro benzene ring substituents is 1. The Kier molecular flexibility index (Phi) is 3.56. The molecule has 0 spiro atoms. The Morgan fingerprint density at radius 1 is 1.67 bits per heavy atom. The number of hydrogen-bond donors (Lipinski definition) is 2. The van der Waals surface area contributed by atoms with E-state index in [0.717, 1.165) is 6.07 Å². The second-order valence-electron chi connectivity index (χ2n) is 3.20. The summed E-state index contributed by atoms with van der Waals surface area (Å²) < 4.78 is 12.8. The van der Waals surface area contributed by atoms with E-state index in [1.165, 1.54) is 12.1 Å². The molecule has 0 bridgehead atoms. The van der Waals surface area contributed by atoms with Crippen LogP contribution in [0, 0.1) is 15.9 Å². The summed E-state index contributed by atoms with van der Waals surface area (Å²) >= 11 is 0. The highest BCUT2D eigenvalue weighted by atomic mass is 19.1. The number of nitro groups is 1. The molecule has 0 saturated heterocycles. The topological polar surface area (TPSA) is 81.2 Å². The van der Waals surface area contributed by atoms with Crippen molar-refractivity contribution in [3.63, 3.8) is 0 Å². The zero-order valence-electron chi connectivity index (χ0n) is 8.24. The number of nitrogens with one attached hydrogen (secondary N) is 1. The Bertz CT molecular complexity index is 370. The molecule has 0 amide bonds. The van der Waals surface area contributed by atoms with Crippen LogP contribution in [0.3, 0.4) is 0 Å². The fourth-order valence-corrected chi connectivity index (χ4v) is 1.10. The van der Waals surface area contributed by atoms with Gasteiger partial charge in [0.25, 0.3) is 5.69 Å². The van der Waals surface area contributed by atoms with E-state index in [9.17, 15) is 14.5 Å². The van der Waals surface area contributed by atoms with E-state index in [4.69, 9.17) is 5.73 Å². The van der Waals surface area contributed by atoms with E-state index in [0.29, 0.717) is 6.54 Å². The molecule has 15 heavy (non-hydrogen) atoms. The maximum atomic E-state index is 12.8. The predicted molar refractivity (Wildman–Crippen MR) is 55.2 cm³/mol. The van der Waals surface area contributed by atoms with Crippen molar-refractivity contribution in [1.82, 2.24) is 0 Å². The van der Waals surface area contributed by atoms with Crippen LogP contribution in [-0.2, 0) is 0 Å². The molecule has 1 aromatic carbocycles. The summed E-state index contributed by atoms with van der Waals surface area (Å²) in [6, 6.07) is 3.28. The van der Waals surface area contributed by atoms with Gasteiger partial charge in [0.05, 0.1) is 11.0 Å². The molecule has 1 aromatic rings. The van der Waals surface area contributed by atoms with Crippen molar-refractivity contribution < 1.29 is 9.31 Å². The van der Waals surface area contributed by atoms with Gasteiger partial charge >= 0.3 is 0 Å². The minimum atomic E-state index is -0.632. The number of rotatable bonds is 4. The van der Waals surface area contributed by atoms with Gasteiger partial charge in [0.2, 0.25) is 0 Å². The highest BCUT2D eigenvalue weighted by Gasteiger charge is 2.15. The summed E-state index contributed by atoms with van der Waals surface area (Å²) in [5, 5.41) is 13.4. The summed E-state index contributed by atoms with van der Waals surface area (Å²) in [5.74, 6) is -0.632. The van der Waals surface area contributed by atoms with Gasteiger partial charge in [-0.15, -0.1) is 0 Å². The molecule has 5 nitrogen and oxygen atoms in total. The average Bonchev–Trinajstić information content (AvgIpc) is 2.20. The SMILES string of the molecule is CC(CN)Nc1ccc(F)cc1[N+](=O)[O-]. The van der Waals surface area contributed by atoms with Crippen LogP contribution in [-0.4, -0.2) is 17.5 Å². The molecule has 0 radical (unpaired) electrons. The van der Waals surface area contributed by atoms with Crippen LogP contribution in [0.15, 0.2) is 18.2 Å². The zero-order valence-corrected chi connectivity index (χ0v) is 8.24. The standard InChI is InChI=1S/C9H12FN3O2/c1-6(5-11)12-8-3-2-7(10)4-9(8)13(14)15/h2-4,6,12H,5,11H2,1H3. The van der Waals surface area contributed by atoms with Crippen molar-refractivity contribution in [2.75, 3.05) is 11.9 Å². The number of anilines is 1. The number of benzene rings is 1. The molecular weight excluding hydrogens is 201 g/mol. The Morgan fingerprint density at radius 2 is 2.33 bits per heavy atom. The first-order valence-corrected chi connectivity index (χ1v) is 4.45. The van der Waals surface area contributed by atoms with Crippen molar-refractivity contribution in [1.29, 1.82) is 0 Å². The van der Waals surface area contributed by atoms with Gasteiger partial charge in [-0.25, -0.2) is 4.39 Å². The van der Waals surface area contributed by atoms with Gasteiger partial charge in [0.15, 0.2) is 0 Å². The maximum absolute atomic E-state index is 12.8. The van der Waals surface area contributed by atoms with Crippen molar-refractivity contribution >= 4 is 11.4 Å². The quantitative estimate of drug-likeness (QED) is 0.586. The normalized spacial score (nSPS) is 12.2. The zero-order chi connectivity index (χ0) is 11.4. The third-order valence-electron chi connectivity index (χ3n) is 1.91. The third kappa shape index (κ3) is 2.88. The van der Waals surface area contributed by atoms with Gasteiger partial charge in [-0.1, -0.05) is 0 Å². The van der Waals surface area contributed by atoms with E-state index in [1.807, 2.05) is 0 Å². The maximum Gasteiger partial charge on any atom is 0.295 e. The fourth-order valence-electron chi connectivity index (χ4n) is 1.10. The van der Waals surface area contributed by atoms with E-state index < -0.39 is 10.7 Å².